The Morgan fingerprint density at radius 2 is 0.773 bits per heavy atom. The summed E-state index contributed by atoms with van der Waals surface area (Å²) in [7, 11) is 0. The molecule has 0 saturated carbocycles. The maximum Gasteiger partial charge on any atom is 1.00 e. The van der Waals surface area contributed by atoms with Crippen molar-refractivity contribution >= 4 is 23.9 Å². The van der Waals surface area contributed by atoms with Gasteiger partial charge in [-0.3, -0.25) is 0 Å². The fraction of sp³-hybridized carbons (Fsp3) is 0. The molecule has 1 aromatic carbocycles. The van der Waals surface area contributed by atoms with Crippen molar-refractivity contribution in [3.8, 4) is 0 Å². The molecule has 0 bridgehead atoms. The monoisotopic (exact) mass is 406 g/mol. The molecule has 0 amide bonds. The minimum Gasteiger partial charge on any atom is -0.545 e. The molecule has 0 aliphatic carbocycles. The Morgan fingerprint density at radius 1 is 0.545 bits per heavy atom. The van der Waals surface area contributed by atoms with E-state index in [4.69, 9.17) is 0 Å². The van der Waals surface area contributed by atoms with Crippen LogP contribution in [0.4, 0.5) is 0 Å². The first-order chi connectivity index (χ1) is 8.27. The van der Waals surface area contributed by atoms with E-state index in [-0.39, 0.29) is 206 Å². The van der Waals surface area contributed by atoms with Crippen molar-refractivity contribution in [3.05, 3.63) is 34.4 Å². The van der Waals surface area contributed by atoms with Crippen molar-refractivity contribution < 1.29 is 245 Å². The summed E-state index contributed by atoms with van der Waals surface area (Å²) in [5.41, 5.74) is -4.73. The van der Waals surface area contributed by atoms with Gasteiger partial charge in [0.2, 0.25) is 0 Å². The van der Waals surface area contributed by atoms with Crippen LogP contribution in [0.1, 0.15) is 41.4 Å². The van der Waals surface area contributed by atoms with Gasteiger partial charge in [-0.05, 0) is 0 Å². The second kappa shape index (κ2) is 15.7. The van der Waals surface area contributed by atoms with Gasteiger partial charge >= 0.3 is 206 Å². The molecule has 0 fully saturated rings. The molecular formula is C10H2K4O8. The first-order valence-electron chi connectivity index (χ1n) is 4.29. The second-order valence-electron chi connectivity index (χ2n) is 3.06. The van der Waals surface area contributed by atoms with Gasteiger partial charge in [0.25, 0.3) is 0 Å². The topological polar surface area (TPSA) is 161 Å². The molecule has 0 saturated heterocycles. The van der Waals surface area contributed by atoms with Crippen LogP contribution in [0.5, 0.6) is 0 Å². The van der Waals surface area contributed by atoms with Crippen molar-refractivity contribution in [1.82, 2.24) is 0 Å². The Bertz CT molecular complexity index is 536. The van der Waals surface area contributed by atoms with Crippen LogP contribution in [0, 0.1) is 0 Å². The normalized spacial score (nSPS) is 8.00. The van der Waals surface area contributed by atoms with Gasteiger partial charge in [-0.1, -0.05) is 12.1 Å². The van der Waals surface area contributed by atoms with Crippen molar-refractivity contribution in [1.29, 1.82) is 0 Å². The van der Waals surface area contributed by atoms with Crippen LogP contribution in [0.15, 0.2) is 12.1 Å². The summed E-state index contributed by atoms with van der Waals surface area (Å²) in [5.74, 6) is -8.36. The zero-order chi connectivity index (χ0) is 14.0. The van der Waals surface area contributed by atoms with Crippen LogP contribution in [0.2, 0.25) is 0 Å². The Kier molecular flexibility index (Phi) is 23.7. The Morgan fingerprint density at radius 3 is 0.909 bits per heavy atom. The Labute approximate surface area is 294 Å². The van der Waals surface area contributed by atoms with Crippen LogP contribution < -0.4 is 226 Å². The molecule has 8 nitrogen and oxygen atoms in total. The zero-order valence-electron chi connectivity index (χ0n) is 12.4. The smallest absolute Gasteiger partial charge is 0.545 e. The van der Waals surface area contributed by atoms with Crippen molar-refractivity contribution in [2.45, 2.75) is 0 Å². The first kappa shape index (κ1) is 33.2. The summed E-state index contributed by atoms with van der Waals surface area (Å²) in [5, 5.41) is 42.6. The number of carboxylic acids is 4. The van der Waals surface area contributed by atoms with E-state index >= 15 is 0 Å². The third-order valence-electron chi connectivity index (χ3n) is 2.05. The Balaban J connectivity index is -0.000000405. The number of carbonyl (C=O) groups is 4. The van der Waals surface area contributed by atoms with Gasteiger partial charge in [0, 0.05) is 22.3 Å². The minimum atomic E-state index is -2.18. The van der Waals surface area contributed by atoms with E-state index in [0.717, 1.165) is 0 Å². The number of aromatic carboxylic acids is 4. The number of hydrogen-bond donors (Lipinski definition) is 0. The van der Waals surface area contributed by atoms with E-state index in [2.05, 4.69) is 0 Å². The van der Waals surface area contributed by atoms with Gasteiger partial charge < -0.3 is 39.6 Å². The van der Waals surface area contributed by atoms with Gasteiger partial charge in [-0.2, -0.15) is 0 Å². The number of benzene rings is 1. The zero-order valence-corrected chi connectivity index (χ0v) is 24.9. The molecular weight excluding hydrogens is 404 g/mol. The third-order valence-corrected chi connectivity index (χ3v) is 2.05. The fourth-order valence-electron chi connectivity index (χ4n) is 1.37. The molecule has 0 spiro atoms. The number of carboxylic acid groups (broad SMARTS) is 4. The number of hydrogen-bond acceptors (Lipinski definition) is 8. The minimum absolute atomic E-state index is 0. The number of rotatable bonds is 4. The molecule has 94 valence electrons. The molecule has 0 atom stereocenters. The standard InChI is InChI=1S/C10H6O8.4K/c11-7(12)3-1-2-4(8(13)14)6(10(17)18)5(3)9(15)16;;;;/h1-2H,(H,11,12)(H,13,14)(H,15,16)(H,17,18);;;;/q;4*+1/p-4. The maximum atomic E-state index is 10.7. The van der Waals surface area contributed by atoms with Crippen LogP contribution in [0.3, 0.4) is 0 Å². The van der Waals surface area contributed by atoms with Crippen LogP contribution in [-0.2, 0) is 0 Å². The van der Waals surface area contributed by atoms with Crippen molar-refractivity contribution in [2.24, 2.45) is 0 Å². The van der Waals surface area contributed by atoms with Crippen LogP contribution in [0.25, 0.3) is 0 Å². The summed E-state index contributed by atoms with van der Waals surface area (Å²) in [6.07, 6.45) is 0. The van der Waals surface area contributed by atoms with E-state index in [1.165, 1.54) is 0 Å². The molecule has 22 heavy (non-hydrogen) atoms. The Hall–Kier alpha value is 3.65. The van der Waals surface area contributed by atoms with Crippen LogP contribution >= 0.6 is 0 Å². The van der Waals surface area contributed by atoms with Gasteiger partial charge in [0.05, 0.1) is 23.9 Å². The average molecular weight is 407 g/mol. The van der Waals surface area contributed by atoms with Gasteiger partial charge in [-0.25, -0.2) is 0 Å². The maximum absolute atomic E-state index is 10.7. The van der Waals surface area contributed by atoms with Gasteiger partial charge in [0.15, 0.2) is 0 Å². The van der Waals surface area contributed by atoms with Crippen LogP contribution in [-0.4, -0.2) is 23.9 Å². The molecule has 0 radical (unpaired) electrons. The predicted octanol–water partition coefficient (Wildman–Crippen LogP) is -16.8. The molecule has 1 aromatic rings. The summed E-state index contributed by atoms with van der Waals surface area (Å²) in [6, 6.07) is 1.14. The SMILES string of the molecule is O=C([O-])c1ccc(C(=O)[O-])c(C(=O)[O-])c1C(=O)[O-].[K+].[K+].[K+].[K+]. The molecule has 0 heterocycles. The van der Waals surface area contributed by atoms with Gasteiger partial charge in [0.1, 0.15) is 0 Å². The van der Waals surface area contributed by atoms with E-state index in [1.807, 2.05) is 0 Å². The van der Waals surface area contributed by atoms with Crippen molar-refractivity contribution in [2.75, 3.05) is 0 Å². The van der Waals surface area contributed by atoms with E-state index in [0.29, 0.717) is 12.1 Å². The molecule has 0 aliphatic heterocycles. The van der Waals surface area contributed by atoms with Crippen molar-refractivity contribution in [3.63, 3.8) is 0 Å². The molecule has 0 N–H and O–H groups in total. The average Bonchev–Trinajstić information content (AvgIpc) is 2.26. The predicted molar refractivity (Wildman–Crippen MR) is 43.8 cm³/mol. The first-order valence-corrected chi connectivity index (χ1v) is 4.29. The molecule has 1 rings (SSSR count). The summed E-state index contributed by atoms with van der Waals surface area (Å²) >= 11 is 0. The molecule has 0 aromatic heterocycles. The van der Waals surface area contributed by atoms with E-state index in [1.54, 1.807) is 0 Å². The van der Waals surface area contributed by atoms with E-state index < -0.39 is 46.1 Å². The van der Waals surface area contributed by atoms with Gasteiger partial charge in [-0.15, -0.1) is 0 Å². The summed E-state index contributed by atoms with van der Waals surface area (Å²) in [4.78, 5) is 42.6. The molecule has 0 unspecified atom stereocenters. The summed E-state index contributed by atoms with van der Waals surface area (Å²) < 4.78 is 0. The largest absolute Gasteiger partial charge is 1.00 e. The van der Waals surface area contributed by atoms with E-state index in [9.17, 15) is 39.6 Å². The molecule has 0 aliphatic rings. The quantitative estimate of drug-likeness (QED) is 0.445. The summed E-state index contributed by atoms with van der Waals surface area (Å²) in [6.45, 7) is 0. The third kappa shape index (κ3) is 9.03. The molecule has 12 heteroatoms. The fourth-order valence-corrected chi connectivity index (χ4v) is 1.37. The number of carbonyl (C=O) groups excluding carboxylic acids is 4. The second-order valence-corrected chi connectivity index (χ2v) is 3.06.